The van der Waals surface area contributed by atoms with Gasteiger partial charge in [-0.25, -0.2) is 9.97 Å². The van der Waals surface area contributed by atoms with Crippen molar-refractivity contribution in [3.05, 3.63) is 24.0 Å². The Morgan fingerprint density at radius 2 is 2.18 bits per heavy atom. The van der Waals surface area contributed by atoms with Gasteiger partial charge in [-0.2, -0.15) is 4.98 Å². The Balaban J connectivity index is 2.30. The Labute approximate surface area is 97.7 Å². The average Bonchev–Trinajstić information content (AvgIpc) is 2.77. The molecule has 17 heavy (non-hydrogen) atoms. The molecule has 7 nitrogen and oxygen atoms in total. The molecular formula is C10H13N5O2. The second kappa shape index (κ2) is 4.56. The molecule has 2 aromatic heterocycles. The average molecular weight is 235 g/mol. The molecule has 0 aromatic carbocycles. The highest BCUT2D eigenvalue weighted by Crippen LogP contribution is 2.17. The van der Waals surface area contributed by atoms with Crippen molar-refractivity contribution < 1.29 is 9.63 Å². The first-order chi connectivity index (χ1) is 8.08. The third-order valence-corrected chi connectivity index (χ3v) is 2.25. The molecule has 0 radical (unpaired) electrons. The summed E-state index contributed by atoms with van der Waals surface area (Å²) in [6.45, 7) is 3.33. The van der Waals surface area contributed by atoms with Crippen molar-refractivity contribution in [2.75, 3.05) is 0 Å². The number of aromatic nitrogens is 4. The Kier molecular flexibility index (Phi) is 3.12. The molecule has 0 aliphatic rings. The van der Waals surface area contributed by atoms with Gasteiger partial charge in [0.2, 0.25) is 11.7 Å². The Hall–Kier alpha value is -1.86. The number of hydrogen-bond acceptors (Lipinski definition) is 7. The van der Waals surface area contributed by atoms with Gasteiger partial charge in [-0.15, -0.1) is 0 Å². The van der Waals surface area contributed by atoms with E-state index in [1.165, 1.54) is 0 Å². The summed E-state index contributed by atoms with van der Waals surface area (Å²) in [5.41, 5.74) is 6.24. The van der Waals surface area contributed by atoms with E-state index in [0.29, 0.717) is 17.3 Å². The minimum atomic E-state index is -0.754. The summed E-state index contributed by atoms with van der Waals surface area (Å²) in [7, 11) is 0. The molecule has 7 heteroatoms. The first kappa shape index (κ1) is 11.6. The zero-order chi connectivity index (χ0) is 12.4. The van der Waals surface area contributed by atoms with Crippen LogP contribution in [0.4, 0.5) is 0 Å². The predicted molar refractivity (Wildman–Crippen MR) is 58.7 cm³/mol. The lowest BCUT2D eigenvalue weighted by Gasteiger charge is -2.08. The third kappa shape index (κ3) is 2.45. The van der Waals surface area contributed by atoms with Crippen LogP contribution in [-0.2, 0) is 0 Å². The molecular weight excluding hydrogens is 222 g/mol. The van der Waals surface area contributed by atoms with E-state index in [4.69, 9.17) is 10.3 Å². The highest BCUT2D eigenvalue weighted by Gasteiger charge is 2.20. The van der Waals surface area contributed by atoms with Crippen LogP contribution in [0.15, 0.2) is 16.8 Å². The van der Waals surface area contributed by atoms with Gasteiger partial charge in [0.15, 0.2) is 0 Å². The van der Waals surface area contributed by atoms with Crippen LogP contribution in [-0.4, -0.2) is 31.3 Å². The van der Waals surface area contributed by atoms with Gasteiger partial charge in [-0.3, -0.25) is 0 Å². The highest BCUT2D eigenvalue weighted by atomic mass is 16.5. The lowest BCUT2D eigenvalue weighted by atomic mass is 10.2. The van der Waals surface area contributed by atoms with Crippen LogP contribution in [0.5, 0.6) is 0 Å². The molecule has 0 aliphatic carbocycles. The van der Waals surface area contributed by atoms with Crippen molar-refractivity contribution >= 4 is 0 Å². The number of aryl methyl sites for hydroxylation is 1. The van der Waals surface area contributed by atoms with Gasteiger partial charge in [-0.05, 0) is 19.9 Å². The lowest BCUT2D eigenvalue weighted by molar-refractivity contribution is 0.146. The summed E-state index contributed by atoms with van der Waals surface area (Å²) < 4.78 is 4.98. The van der Waals surface area contributed by atoms with E-state index in [2.05, 4.69) is 20.1 Å². The van der Waals surface area contributed by atoms with Crippen LogP contribution < -0.4 is 5.73 Å². The quantitative estimate of drug-likeness (QED) is 0.782. The number of nitrogens with two attached hydrogens (primary N) is 1. The second-order valence-corrected chi connectivity index (χ2v) is 3.71. The number of hydrogen-bond donors (Lipinski definition) is 2. The number of rotatable bonds is 3. The molecule has 0 saturated heterocycles. The highest BCUT2D eigenvalue weighted by molar-refractivity contribution is 5.47. The standard InChI is InChI=1S/C10H13N5O2/c1-5(16)8(11)10-14-9(15-17-10)7-3-4-12-6(2)13-7/h3-5,8,16H,11H2,1-2H3/t5-,8+/m1/s1. The molecule has 2 heterocycles. The van der Waals surface area contributed by atoms with Gasteiger partial charge in [0.05, 0.1) is 6.10 Å². The van der Waals surface area contributed by atoms with Gasteiger partial charge in [0.25, 0.3) is 0 Å². The van der Waals surface area contributed by atoms with Crippen molar-refractivity contribution in [2.24, 2.45) is 5.73 Å². The van der Waals surface area contributed by atoms with Crippen molar-refractivity contribution in [1.29, 1.82) is 0 Å². The summed E-state index contributed by atoms with van der Waals surface area (Å²) in [5, 5.41) is 13.1. The lowest BCUT2D eigenvalue weighted by Crippen LogP contribution is -2.23. The van der Waals surface area contributed by atoms with Gasteiger partial charge in [-0.1, -0.05) is 5.16 Å². The van der Waals surface area contributed by atoms with E-state index in [1.807, 2.05) is 0 Å². The first-order valence-corrected chi connectivity index (χ1v) is 5.15. The van der Waals surface area contributed by atoms with E-state index in [9.17, 15) is 5.11 Å². The van der Waals surface area contributed by atoms with Crippen LogP contribution in [0.3, 0.4) is 0 Å². The van der Waals surface area contributed by atoms with E-state index >= 15 is 0 Å². The van der Waals surface area contributed by atoms with Crippen molar-refractivity contribution in [2.45, 2.75) is 26.0 Å². The predicted octanol–water partition coefficient (Wildman–Crippen LogP) is 0.216. The largest absolute Gasteiger partial charge is 0.391 e. The molecule has 0 spiro atoms. The molecule has 2 aromatic rings. The van der Waals surface area contributed by atoms with Crippen LogP contribution >= 0.6 is 0 Å². The Morgan fingerprint density at radius 1 is 1.41 bits per heavy atom. The number of aliphatic hydroxyl groups excluding tert-OH is 1. The molecule has 0 unspecified atom stereocenters. The molecule has 2 rings (SSSR count). The van der Waals surface area contributed by atoms with E-state index < -0.39 is 12.1 Å². The number of aliphatic hydroxyl groups is 1. The molecule has 3 N–H and O–H groups in total. The van der Waals surface area contributed by atoms with Crippen LogP contribution in [0.25, 0.3) is 11.5 Å². The van der Waals surface area contributed by atoms with Gasteiger partial charge < -0.3 is 15.4 Å². The van der Waals surface area contributed by atoms with Crippen LogP contribution in [0, 0.1) is 6.92 Å². The minimum Gasteiger partial charge on any atom is -0.391 e. The zero-order valence-corrected chi connectivity index (χ0v) is 9.53. The molecule has 0 bridgehead atoms. The van der Waals surface area contributed by atoms with Gasteiger partial charge in [0.1, 0.15) is 17.6 Å². The zero-order valence-electron chi connectivity index (χ0n) is 9.53. The Morgan fingerprint density at radius 3 is 2.82 bits per heavy atom. The normalized spacial score (nSPS) is 14.6. The maximum Gasteiger partial charge on any atom is 0.246 e. The van der Waals surface area contributed by atoms with E-state index in [-0.39, 0.29) is 5.89 Å². The summed E-state index contributed by atoms with van der Waals surface area (Å²) in [6, 6.07) is 0.981. The molecule has 2 atom stereocenters. The fraction of sp³-hybridized carbons (Fsp3) is 0.400. The maximum absolute atomic E-state index is 9.32. The van der Waals surface area contributed by atoms with Crippen molar-refractivity contribution in [3.8, 4) is 11.5 Å². The van der Waals surface area contributed by atoms with Crippen molar-refractivity contribution in [3.63, 3.8) is 0 Å². The van der Waals surface area contributed by atoms with Crippen LogP contribution in [0.1, 0.15) is 24.7 Å². The smallest absolute Gasteiger partial charge is 0.246 e. The topological polar surface area (TPSA) is 111 Å². The minimum absolute atomic E-state index is 0.186. The molecule has 0 aliphatic heterocycles. The summed E-state index contributed by atoms with van der Waals surface area (Å²) in [5.74, 6) is 1.14. The van der Waals surface area contributed by atoms with Gasteiger partial charge >= 0.3 is 0 Å². The molecule has 0 fully saturated rings. The fourth-order valence-electron chi connectivity index (χ4n) is 1.26. The second-order valence-electron chi connectivity index (χ2n) is 3.71. The SMILES string of the molecule is Cc1nccc(-c2noc([C@@H](N)[C@@H](C)O)n2)n1. The van der Waals surface area contributed by atoms with Gasteiger partial charge in [0, 0.05) is 6.20 Å². The first-order valence-electron chi connectivity index (χ1n) is 5.15. The van der Waals surface area contributed by atoms with E-state index in [1.54, 1.807) is 26.1 Å². The Bertz CT molecular complexity index is 511. The van der Waals surface area contributed by atoms with Crippen molar-refractivity contribution in [1.82, 2.24) is 20.1 Å². The molecule has 0 amide bonds. The molecule has 0 saturated carbocycles. The number of nitrogens with zero attached hydrogens (tertiary/aromatic N) is 4. The van der Waals surface area contributed by atoms with Crippen LogP contribution in [0.2, 0.25) is 0 Å². The van der Waals surface area contributed by atoms with E-state index in [0.717, 1.165) is 0 Å². The summed E-state index contributed by atoms with van der Waals surface area (Å²) in [4.78, 5) is 12.2. The molecule has 90 valence electrons. The fourth-order valence-corrected chi connectivity index (χ4v) is 1.26. The third-order valence-electron chi connectivity index (χ3n) is 2.25. The monoisotopic (exact) mass is 235 g/mol. The maximum atomic E-state index is 9.32. The summed E-state index contributed by atoms with van der Waals surface area (Å²) >= 11 is 0. The summed E-state index contributed by atoms with van der Waals surface area (Å²) in [6.07, 6.45) is 0.859.